The Morgan fingerprint density at radius 1 is 1.08 bits per heavy atom. The molecule has 0 fully saturated rings. The van der Waals surface area contributed by atoms with E-state index in [2.05, 4.69) is 10.0 Å². The van der Waals surface area contributed by atoms with Crippen LogP contribution in [0.2, 0.25) is 0 Å². The lowest BCUT2D eigenvalue weighted by Crippen LogP contribution is -2.35. The predicted molar refractivity (Wildman–Crippen MR) is 93.9 cm³/mol. The molecule has 0 aliphatic heterocycles. The van der Waals surface area contributed by atoms with E-state index in [4.69, 9.17) is 4.74 Å². The maximum absolute atomic E-state index is 12.1. The average molecular weight is 350 g/mol. The second-order valence-corrected chi connectivity index (χ2v) is 7.17. The van der Waals surface area contributed by atoms with Crippen molar-refractivity contribution in [2.75, 3.05) is 25.5 Å². The predicted octanol–water partition coefficient (Wildman–Crippen LogP) is 1.75. The van der Waals surface area contributed by atoms with Gasteiger partial charge in [-0.2, -0.15) is 0 Å². The molecule has 24 heavy (non-hydrogen) atoms. The Balaban J connectivity index is 1.83. The lowest BCUT2D eigenvalue weighted by Gasteiger charge is -2.14. The van der Waals surface area contributed by atoms with Crippen LogP contribution in [-0.4, -0.2) is 39.8 Å². The van der Waals surface area contributed by atoms with Crippen LogP contribution in [0.15, 0.2) is 53.4 Å². The first kappa shape index (κ1) is 18.3. The molecule has 0 unspecified atom stereocenters. The topological polar surface area (TPSA) is 87.7 Å². The summed E-state index contributed by atoms with van der Waals surface area (Å²) in [5, 5.41) is 12.9. The molecule has 0 bridgehead atoms. The number of aliphatic hydroxyl groups is 1. The number of rotatable bonds is 8. The van der Waals surface area contributed by atoms with Crippen LogP contribution >= 0.6 is 0 Å². The van der Waals surface area contributed by atoms with Crippen LogP contribution in [-0.2, 0) is 10.0 Å². The number of hydrogen-bond acceptors (Lipinski definition) is 5. The molecular weight excluding hydrogens is 328 g/mol. The Hall–Kier alpha value is -2.09. The van der Waals surface area contributed by atoms with E-state index in [-0.39, 0.29) is 18.0 Å². The molecule has 2 aromatic carbocycles. The quantitative estimate of drug-likeness (QED) is 0.675. The van der Waals surface area contributed by atoms with Crippen LogP contribution in [0.1, 0.15) is 5.56 Å². The monoisotopic (exact) mass is 350 g/mol. The van der Waals surface area contributed by atoms with Gasteiger partial charge < -0.3 is 15.2 Å². The number of hydrogen-bond donors (Lipinski definition) is 3. The highest BCUT2D eigenvalue weighted by atomic mass is 32.2. The number of ether oxygens (including phenoxy) is 1. The molecule has 0 spiro atoms. The first-order chi connectivity index (χ1) is 11.4. The molecule has 0 amide bonds. The van der Waals surface area contributed by atoms with E-state index >= 15 is 0 Å². The third-order valence-electron chi connectivity index (χ3n) is 3.43. The second kappa shape index (κ2) is 8.14. The Morgan fingerprint density at radius 2 is 1.71 bits per heavy atom. The number of benzene rings is 2. The Bertz CT molecular complexity index is 743. The van der Waals surface area contributed by atoms with Gasteiger partial charge in [0.05, 0.1) is 4.90 Å². The van der Waals surface area contributed by atoms with Crippen molar-refractivity contribution in [1.29, 1.82) is 0 Å². The molecule has 6 nitrogen and oxygen atoms in total. The number of aliphatic hydroxyl groups excluding tert-OH is 1. The molecule has 2 aromatic rings. The van der Waals surface area contributed by atoms with Gasteiger partial charge in [-0.25, -0.2) is 13.1 Å². The van der Waals surface area contributed by atoms with Crippen LogP contribution < -0.4 is 14.8 Å². The molecule has 3 N–H and O–H groups in total. The van der Waals surface area contributed by atoms with E-state index in [1.165, 1.54) is 12.1 Å². The van der Waals surface area contributed by atoms with E-state index in [0.29, 0.717) is 5.75 Å². The highest BCUT2D eigenvalue weighted by Crippen LogP contribution is 2.15. The smallest absolute Gasteiger partial charge is 0.240 e. The fourth-order valence-electron chi connectivity index (χ4n) is 1.98. The summed E-state index contributed by atoms with van der Waals surface area (Å²) in [6.07, 6.45) is -0.950. The van der Waals surface area contributed by atoms with Gasteiger partial charge >= 0.3 is 0 Å². The number of anilines is 1. The Morgan fingerprint density at radius 3 is 2.29 bits per heavy atom. The summed E-state index contributed by atoms with van der Waals surface area (Å²) >= 11 is 0. The molecule has 0 aromatic heterocycles. The third kappa shape index (κ3) is 5.23. The fraction of sp³-hybridized carbons (Fsp3) is 0.294. The van der Waals surface area contributed by atoms with E-state index in [1.54, 1.807) is 24.3 Å². The lowest BCUT2D eigenvalue weighted by molar-refractivity contribution is 0.111. The van der Waals surface area contributed by atoms with Crippen molar-refractivity contribution in [2.45, 2.75) is 17.9 Å². The van der Waals surface area contributed by atoms with Crippen LogP contribution in [0.4, 0.5) is 5.69 Å². The van der Waals surface area contributed by atoms with Gasteiger partial charge in [-0.3, -0.25) is 0 Å². The Kier molecular flexibility index (Phi) is 6.19. The van der Waals surface area contributed by atoms with Crippen LogP contribution in [0.3, 0.4) is 0 Å². The van der Waals surface area contributed by atoms with Crippen molar-refractivity contribution < 1.29 is 18.3 Å². The summed E-state index contributed by atoms with van der Waals surface area (Å²) in [5.74, 6) is 0.606. The second-order valence-electron chi connectivity index (χ2n) is 5.40. The summed E-state index contributed by atoms with van der Waals surface area (Å²) in [6.45, 7) is 1.76. The number of aryl methyl sites for hydroxylation is 1. The summed E-state index contributed by atoms with van der Waals surface area (Å²) in [6, 6.07) is 13.8. The molecule has 1 atom stereocenters. The molecule has 2 rings (SSSR count). The first-order valence-corrected chi connectivity index (χ1v) is 9.04. The van der Waals surface area contributed by atoms with E-state index in [0.717, 1.165) is 11.3 Å². The van der Waals surface area contributed by atoms with E-state index in [9.17, 15) is 13.5 Å². The van der Waals surface area contributed by atoms with Gasteiger partial charge in [0.15, 0.2) is 0 Å². The zero-order valence-corrected chi connectivity index (χ0v) is 14.5. The van der Waals surface area contributed by atoms with E-state index in [1.807, 2.05) is 26.1 Å². The summed E-state index contributed by atoms with van der Waals surface area (Å²) in [5.41, 5.74) is 1.93. The number of nitrogens with one attached hydrogen (secondary N) is 2. The molecule has 0 aliphatic carbocycles. The zero-order chi connectivity index (χ0) is 17.6. The highest BCUT2D eigenvalue weighted by molar-refractivity contribution is 7.89. The maximum atomic E-state index is 12.1. The van der Waals surface area contributed by atoms with Crippen molar-refractivity contribution in [3.05, 3.63) is 54.1 Å². The molecule has 0 heterocycles. The van der Waals surface area contributed by atoms with Crippen molar-refractivity contribution >= 4 is 15.7 Å². The first-order valence-electron chi connectivity index (χ1n) is 7.56. The van der Waals surface area contributed by atoms with Crippen LogP contribution in [0, 0.1) is 6.92 Å². The summed E-state index contributed by atoms with van der Waals surface area (Å²) in [7, 11) is -1.82. The molecule has 7 heteroatoms. The lowest BCUT2D eigenvalue weighted by atomic mass is 10.2. The molecule has 0 saturated heterocycles. The molecule has 0 saturated carbocycles. The van der Waals surface area contributed by atoms with Gasteiger partial charge in [0.25, 0.3) is 0 Å². The summed E-state index contributed by atoms with van der Waals surface area (Å²) < 4.78 is 32.1. The minimum atomic E-state index is -3.64. The van der Waals surface area contributed by atoms with Gasteiger partial charge in [-0.05, 0) is 43.3 Å². The van der Waals surface area contributed by atoms with Gasteiger partial charge in [0, 0.05) is 19.3 Å². The van der Waals surface area contributed by atoms with Crippen molar-refractivity contribution in [3.8, 4) is 5.75 Å². The van der Waals surface area contributed by atoms with Gasteiger partial charge in [-0.1, -0.05) is 17.7 Å². The standard InChI is InChI=1S/C17H22N2O4S/c1-13-3-9-17(10-4-13)24(21,22)19-11-15(20)12-23-16-7-5-14(18-2)6-8-16/h3-10,15,18-20H,11-12H2,1-2H3/t15-/m0/s1. The third-order valence-corrected chi connectivity index (χ3v) is 4.87. The normalized spacial score (nSPS) is 12.6. The largest absolute Gasteiger partial charge is 0.491 e. The summed E-state index contributed by atoms with van der Waals surface area (Å²) in [4.78, 5) is 0.170. The highest BCUT2D eigenvalue weighted by Gasteiger charge is 2.16. The molecule has 130 valence electrons. The van der Waals surface area contributed by atoms with Crippen molar-refractivity contribution in [3.63, 3.8) is 0 Å². The van der Waals surface area contributed by atoms with Crippen LogP contribution in [0.5, 0.6) is 5.75 Å². The Labute approximate surface area is 142 Å². The molecule has 0 aliphatic rings. The maximum Gasteiger partial charge on any atom is 0.240 e. The minimum absolute atomic E-state index is 0.00464. The van der Waals surface area contributed by atoms with E-state index < -0.39 is 16.1 Å². The molecular formula is C17H22N2O4S. The van der Waals surface area contributed by atoms with Crippen LogP contribution in [0.25, 0.3) is 0 Å². The average Bonchev–Trinajstić information content (AvgIpc) is 2.59. The van der Waals surface area contributed by atoms with Gasteiger partial charge in [0.2, 0.25) is 10.0 Å². The van der Waals surface area contributed by atoms with Gasteiger partial charge in [0.1, 0.15) is 18.5 Å². The zero-order valence-electron chi connectivity index (χ0n) is 13.7. The SMILES string of the molecule is CNc1ccc(OC[C@@H](O)CNS(=O)(=O)c2ccc(C)cc2)cc1. The fourth-order valence-corrected chi connectivity index (χ4v) is 3.05. The van der Waals surface area contributed by atoms with Crippen molar-refractivity contribution in [1.82, 2.24) is 4.72 Å². The molecule has 0 radical (unpaired) electrons. The van der Waals surface area contributed by atoms with Crippen molar-refractivity contribution in [2.24, 2.45) is 0 Å². The minimum Gasteiger partial charge on any atom is -0.491 e. The number of sulfonamides is 1. The van der Waals surface area contributed by atoms with Gasteiger partial charge in [-0.15, -0.1) is 0 Å².